The Morgan fingerprint density at radius 2 is 1.57 bits per heavy atom. The Balaban J connectivity index is 1.41. The first-order chi connectivity index (χ1) is 13.5. The van der Waals surface area contributed by atoms with Gasteiger partial charge in [0.15, 0.2) is 0 Å². The number of rotatable bonds is 7. The van der Waals surface area contributed by atoms with Crippen LogP contribution in [-0.4, -0.2) is 31.4 Å². The van der Waals surface area contributed by atoms with Crippen molar-refractivity contribution in [3.8, 4) is 0 Å². The van der Waals surface area contributed by atoms with Gasteiger partial charge >= 0.3 is 0 Å². The minimum Gasteiger partial charge on any atom is -0.350 e. The fraction of sp³-hybridized carbons (Fsp3) is 0.333. The molecule has 0 unspecified atom stereocenters. The summed E-state index contributed by atoms with van der Waals surface area (Å²) in [5, 5.41) is 6.07. The van der Waals surface area contributed by atoms with Crippen LogP contribution in [0.2, 0.25) is 10.0 Å². The number of halogens is 2. The molecule has 5 nitrogen and oxygen atoms in total. The van der Waals surface area contributed by atoms with Crippen molar-refractivity contribution in [2.24, 2.45) is 0 Å². The maximum Gasteiger partial charge on any atom is 0.251 e. The van der Waals surface area contributed by atoms with Crippen LogP contribution in [0, 0.1) is 0 Å². The number of nitrogens with one attached hydrogen (secondary N) is 3. The molecule has 0 radical (unpaired) electrons. The fourth-order valence-corrected chi connectivity index (χ4v) is 3.58. The molecule has 0 spiro atoms. The smallest absolute Gasteiger partial charge is 0.251 e. The largest absolute Gasteiger partial charge is 0.350 e. The fourth-order valence-electron chi connectivity index (χ4n) is 3.28. The van der Waals surface area contributed by atoms with Crippen LogP contribution in [0.1, 0.15) is 34.3 Å². The first kappa shape index (κ1) is 20.6. The number of amides is 2. The topological polar surface area (TPSA) is 62.6 Å². The highest BCUT2D eigenvalue weighted by Gasteiger charge is 2.15. The highest BCUT2D eigenvalue weighted by atomic mass is 35.5. The van der Waals surface area contributed by atoms with Crippen molar-refractivity contribution in [3.63, 3.8) is 0 Å². The molecule has 3 N–H and O–H groups in total. The van der Waals surface area contributed by atoms with E-state index in [2.05, 4.69) is 22.8 Å². The van der Waals surface area contributed by atoms with E-state index in [4.69, 9.17) is 23.2 Å². The summed E-state index contributed by atoms with van der Waals surface area (Å²) in [5.41, 5.74) is 2.71. The molecule has 1 fully saturated rings. The van der Waals surface area contributed by atoms with Gasteiger partial charge in [-0.25, -0.2) is 0 Å². The molecule has 28 heavy (non-hydrogen) atoms. The summed E-state index contributed by atoms with van der Waals surface area (Å²) in [7, 11) is 0. The molecule has 0 aromatic heterocycles. The summed E-state index contributed by atoms with van der Waals surface area (Å²) in [5.74, 6) is -0.624. The van der Waals surface area contributed by atoms with Gasteiger partial charge in [0.25, 0.3) is 5.91 Å². The average Bonchev–Trinajstić information content (AvgIpc) is 3.20. The van der Waals surface area contributed by atoms with Crippen LogP contribution in [0.3, 0.4) is 0 Å². The van der Waals surface area contributed by atoms with Crippen molar-refractivity contribution in [2.75, 3.05) is 19.6 Å². The van der Waals surface area contributed by atoms with Gasteiger partial charge in [-0.05, 0) is 23.8 Å². The third-order valence-corrected chi connectivity index (χ3v) is 5.61. The van der Waals surface area contributed by atoms with E-state index in [0.717, 1.165) is 12.1 Å². The van der Waals surface area contributed by atoms with Gasteiger partial charge in [0.1, 0.15) is 6.54 Å². The maximum absolute atomic E-state index is 12.1. The summed E-state index contributed by atoms with van der Waals surface area (Å²) in [6.45, 7) is 3.90. The minimum absolute atomic E-state index is 0.102. The Bertz CT molecular complexity index is 834. The van der Waals surface area contributed by atoms with Crippen molar-refractivity contribution in [1.82, 2.24) is 10.6 Å². The number of likely N-dealkylation sites (tertiary alicyclic amines) is 1. The predicted molar refractivity (Wildman–Crippen MR) is 111 cm³/mol. The Morgan fingerprint density at radius 1 is 0.893 bits per heavy atom. The van der Waals surface area contributed by atoms with Crippen LogP contribution < -0.4 is 15.5 Å². The Hall–Kier alpha value is -2.08. The van der Waals surface area contributed by atoms with Gasteiger partial charge in [-0.2, -0.15) is 0 Å². The van der Waals surface area contributed by atoms with Gasteiger partial charge in [0, 0.05) is 30.5 Å². The second kappa shape index (κ2) is 9.92. The van der Waals surface area contributed by atoms with Crippen molar-refractivity contribution < 1.29 is 14.5 Å². The van der Waals surface area contributed by atoms with Gasteiger partial charge in [-0.3, -0.25) is 9.59 Å². The zero-order valence-electron chi connectivity index (χ0n) is 15.6. The predicted octanol–water partition coefficient (Wildman–Crippen LogP) is 2.22. The van der Waals surface area contributed by atoms with E-state index in [9.17, 15) is 9.59 Å². The molecule has 0 atom stereocenters. The van der Waals surface area contributed by atoms with Crippen LogP contribution in [0.25, 0.3) is 0 Å². The van der Waals surface area contributed by atoms with Crippen LogP contribution in [0.15, 0.2) is 42.5 Å². The Labute approximate surface area is 175 Å². The summed E-state index contributed by atoms with van der Waals surface area (Å²) in [6, 6.07) is 12.9. The molecular weight excluding hydrogens is 397 g/mol. The number of benzene rings is 2. The lowest BCUT2D eigenvalue weighted by Gasteiger charge is -2.12. The summed E-state index contributed by atoms with van der Waals surface area (Å²) in [4.78, 5) is 25.7. The quantitative estimate of drug-likeness (QED) is 0.642. The standard InChI is InChI=1S/C21H23Cl2N3O2/c22-18-8-7-17(11-19(18)23)21(28)25-13-20(27)24-12-15-3-5-16(6-4-15)14-26-9-1-2-10-26/h3-8,11H,1-2,9-10,12-14H2,(H,24,27)(H,25,28)/p+1. The number of quaternary nitrogens is 1. The zero-order chi connectivity index (χ0) is 19.9. The molecule has 1 heterocycles. The highest BCUT2D eigenvalue weighted by Crippen LogP contribution is 2.22. The Morgan fingerprint density at radius 3 is 2.25 bits per heavy atom. The molecule has 2 aromatic rings. The van der Waals surface area contributed by atoms with Gasteiger partial charge < -0.3 is 15.5 Å². The lowest BCUT2D eigenvalue weighted by molar-refractivity contribution is -0.901. The van der Waals surface area contributed by atoms with Crippen LogP contribution in [-0.2, 0) is 17.9 Å². The molecule has 2 amide bonds. The molecule has 0 aliphatic carbocycles. The first-order valence-electron chi connectivity index (χ1n) is 9.42. The van der Waals surface area contributed by atoms with E-state index in [0.29, 0.717) is 22.2 Å². The summed E-state index contributed by atoms with van der Waals surface area (Å²) < 4.78 is 0. The van der Waals surface area contributed by atoms with Crippen LogP contribution in [0.4, 0.5) is 0 Å². The van der Waals surface area contributed by atoms with E-state index in [1.165, 1.54) is 37.6 Å². The van der Waals surface area contributed by atoms with Gasteiger partial charge in [-0.15, -0.1) is 0 Å². The Kier molecular flexibility index (Phi) is 7.31. The molecule has 0 saturated carbocycles. The lowest BCUT2D eigenvalue weighted by Crippen LogP contribution is -3.08. The molecule has 1 saturated heterocycles. The average molecular weight is 421 g/mol. The monoisotopic (exact) mass is 420 g/mol. The first-order valence-corrected chi connectivity index (χ1v) is 10.2. The molecule has 3 rings (SSSR count). The maximum atomic E-state index is 12.1. The number of hydrogen-bond donors (Lipinski definition) is 3. The highest BCUT2D eigenvalue weighted by molar-refractivity contribution is 6.42. The third kappa shape index (κ3) is 5.96. The lowest BCUT2D eigenvalue weighted by atomic mass is 10.1. The number of carbonyl (C=O) groups excluding carboxylic acids is 2. The minimum atomic E-state index is -0.373. The third-order valence-electron chi connectivity index (χ3n) is 4.87. The number of hydrogen-bond acceptors (Lipinski definition) is 2. The van der Waals surface area contributed by atoms with Gasteiger partial charge in [0.05, 0.1) is 29.7 Å². The molecule has 148 valence electrons. The second-order valence-electron chi connectivity index (χ2n) is 7.04. The van der Waals surface area contributed by atoms with Crippen molar-refractivity contribution >= 4 is 35.0 Å². The second-order valence-corrected chi connectivity index (χ2v) is 7.85. The van der Waals surface area contributed by atoms with Crippen LogP contribution in [0.5, 0.6) is 0 Å². The van der Waals surface area contributed by atoms with Crippen LogP contribution >= 0.6 is 23.2 Å². The van der Waals surface area contributed by atoms with E-state index in [-0.39, 0.29) is 18.4 Å². The SMILES string of the molecule is O=C(CNC(=O)c1ccc(Cl)c(Cl)c1)NCc1ccc(C[NH+]2CCCC2)cc1. The van der Waals surface area contributed by atoms with E-state index < -0.39 is 0 Å². The van der Waals surface area contributed by atoms with Crippen molar-refractivity contribution in [3.05, 3.63) is 69.2 Å². The summed E-state index contributed by atoms with van der Waals surface area (Å²) >= 11 is 11.7. The van der Waals surface area contributed by atoms with Crippen molar-refractivity contribution in [1.29, 1.82) is 0 Å². The molecule has 1 aliphatic rings. The summed E-state index contributed by atoms with van der Waals surface area (Å²) in [6.07, 6.45) is 2.64. The van der Waals surface area contributed by atoms with Gasteiger partial charge in [0.2, 0.25) is 5.91 Å². The van der Waals surface area contributed by atoms with Gasteiger partial charge in [-0.1, -0.05) is 47.5 Å². The molecule has 1 aliphatic heterocycles. The molecule has 2 aromatic carbocycles. The van der Waals surface area contributed by atoms with E-state index in [1.54, 1.807) is 17.0 Å². The molecule has 7 heteroatoms. The molecular formula is C21H24Cl2N3O2+. The zero-order valence-corrected chi connectivity index (χ0v) is 17.1. The van der Waals surface area contributed by atoms with E-state index >= 15 is 0 Å². The van der Waals surface area contributed by atoms with E-state index in [1.807, 2.05) is 12.1 Å². The normalized spacial score (nSPS) is 14.1. The number of carbonyl (C=O) groups is 2. The molecule has 0 bridgehead atoms. The van der Waals surface area contributed by atoms with Crippen molar-refractivity contribution in [2.45, 2.75) is 25.9 Å².